The molecule has 1 aliphatic heterocycles. The van der Waals surface area contributed by atoms with E-state index in [0.717, 1.165) is 11.1 Å². The van der Waals surface area contributed by atoms with E-state index in [-0.39, 0.29) is 18.7 Å². The topological polar surface area (TPSA) is 76.1 Å². The molecule has 0 saturated carbocycles. The lowest BCUT2D eigenvalue weighted by Crippen LogP contribution is -2.41. The van der Waals surface area contributed by atoms with E-state index in [1.54, 1.807) is 36.3 Å². The predicted octanol–water partition coefficient (Wildman–Crippen LogP) is 4.15. The van der Waals surface area contributed by atoms with E-state index in [1.165, 1.54) is 7.11 Å². The van der Waals surface area contributed by atoms with Crippen LogP contribution in [0.25, 0.3) is 0 Å². The van der Waals surface area contributed by atoms with E-state index in [2.05, 4.69) is 0 Å². The van der Waals surface area contributed by atoms with Crippen molar-refractivity contribution >= 4 is 35.1 Å². The first-order valence-electron chi connectivity index (χ1n) is 9.04. The van der Waals surface area contributed by atoms with Crippen LogP contribution in [0.3, 0.4) is 0 Å². The summed E-state index contributed by atoms with van der Waals surface area (Å²) >= 11 is 12.4. The standard InChI is InChI=1S/C21H21Cl2NO5/c1-28-18-8-12-6-7-24(17(11-21(26)27)13(12)9-19(18)29-2)20(25)10-14-15(22)4-3-5-16(14)23/h3-5,8-9,17H,6-7,10-11H2,1-2H3,(H,26,27)/t17-/m1/s1. The van der Waals surface area contributed by atoms with Crippen molar-refractivity contribution in [3.05, 3.63) is 57.1 Å². The molecule has 2 aromatic rings. The minimum atomic E-state index is -0.994. The fraction of sp³-hybridized carbons (Fsp3) is 0.333. The third kappa shape index (κ3) is 4.43. The molecule has 0 saturated heterocycles. The van der Waals surface area contributed by atoms with Crippen molar-refractivity contribution in [1.29, 1.82) is 0 Å². The Morgan fingerprint density at radius 3 is 2.34 bits per heavy atom. The summed E-state index contributed by atoms with van der Waals surface area (Å²) in [6.07, 6.45) is 0.357. The summed E-state index contributed by atoms with van der Waals surface area (Å²) in [6.45, 7) is 0.390. The van der Waals surface area contributed by atoms with Gasteiger partial charge >= 0.3 is 5.97 Å². The highest BCUT2D eigenvalue weighted by Crippen LogP contribution is 2.40. The number of carboxylic acid groups (broad SMARTS) is 1. The molecule has 6 nitrogen and oxygen atoms in total. The molecule has 3 rings (SSSR count). The Bertz CT molecular complexity index is 927. The lowest BCUT2D eigenvalue weighted by Gasteiger charge is -2.37. The molecule has 8 heteroatoms. The van der Waals surface area contributed by atoms with Crippen molar-refractivity contribution in [1.82, 2.24) is 4.90 Å². The highest BCUT2D eigenvalue weighted by molar-refractivity contribution is 6.36. The number of fused-ring (bicyclic) bond motifs is 1. The van der Waals surface area contributed by atoms with Crippen molar-refractivity contribution in [2.24, 2.45) is 0 Å². The van der Waals surface area contributed by atoms with Gasteiger partial charge in [0.05, 0.1) is 33.1 Å². The molecule has 0 radical (unpaired) electrons. The number of rotatable bonds is 6. The zero-order valence-electron chi connectivity index (χ0n) is 16.1. The molecule has 0 aliphatic carbocycles. The second kappa shape index (κ2) is 8.93. The Kier molecular flexibility index (Phi) is 6.55. The van der Waals surface area contributed by atoms with Gasteiger partial charge in [-0.2, -0.15) is 0 Å². The van der Waals surface area contributed by atoms with Crippen LogP contribution in [0.4, 0.5) is 0 Å². The van der Waals surface area contributed by atoms with E-state index in [9.17, 15) is 14.7 Å². The van der Waals surface area contributed by atoms with E-state index >= 15 is 0 Å². The highest BCUT2D eigenvalue weighted by atomic mass is 35.5. The maximum Gasteiger partial charge on any atom is 0.305 e. The van der Waals surface area contributed by atoms with Gasteiger partial charge < -0.3 is 19.5 Å². The molecule has 0 aromatic heterocycles. The average Bonchev–Trinajstić information content (AvgIpc) is 2.69. The first-order valence-corrected chi connectivity index (χ1v) is 9.80. The van der Waals surface area contributed by atoms with Crippen molar-refractivity contribution in [2.45, 2.75) is 25.3 Å². The minimum absolute atomic E-state index is 0.00273. The number of nitrogens with zero attached hydrogens (tertiary/aromatic N) is 1. The van der Waals surface area contributed by atoms with Crippen LogP contribution >= 0.6 is 23.2 Å². The van der Waals surface area contributed by atoms with Gasteiger partial charge in [-0.3, -0.25) is 9.59 Å². The molecular formula is C21H21Cl2NO5. The van der Waals surface area contributed by atoms with Gasteiger partial charge in [0.2, 0.25) is 5.91 Å². The summed E-state index contributed by atoms with van der Waals surface area (Å²) in [5.74, 6) is -0.161. The van der Waals surface area contributed by atoms with Gasteiger partial charge in [0.15, 0.2) is 11.5 Å². The largest absolute Gasteiger partial charge is 0.493 e. The number of methoxy groups -OCH3 is 2. The molecule has 1 amide bonds. The fourth-order valence-electron chi connectivity index (χ4n) is 3.67. The SMILES string of the molecule is COc1cc2c(cc1OC)[C@@H](CC(=O)O)N(C(=O)Cc1c(Cl)cccc1Cl)CC2. The molecule has 29 heavy (non-hydrogen) atoms. The maximum absolute atomic E-state index is 13.1. The molecule has 1 heterocycles. The summed E-state index contributed by atoms with van der Waals surface area (Å²) in [5, 5.41) is 10.3. The molecule has 1 aliphatic rings. The van der Waals surface area contributed by atoms with Crippen LogP contribution < -0.4 is 9.47 Å². The number of amides is 1. The van der Waals surface area contributed by atoms with E-state index in [1.807, 2.05) is 6.07 Å². The molecule has 1 N–H and O–H groups in total. The van der Waals surface area contributed by atoms with Crippen molar-refractivity contribution < 1.29 is 24.2 Å². The number of halogens is 2. The van der Waals surface area contributed by atoms with Crippen LogP contribution in [0.2, 0.25) is 10.0 Å². The number of carboxylic acids is 1. The Labute approximate surface area is 178 Å². The Balaban J connectivity index is 1.97. The molecule has 154 valence electrons. The third-order valence-electron chi connectivity index (χ3n) is 5.08. The molecule has 0 bridgehead atoms. The van der Waals surface area contributed by atoms with Crippen molar-refractivity contribution in [3.8, 4) is 11.5 Å². The van der Waals surface area contributed by atoms with Crippen LogP contribution in [-0.4, -0.2) is 42.6 Å². The predicted molar refractivity (Wildman–Crippen MR) is 110 cm³/mol. The second-order valence-corrected chi connectivity index (χ2v) is 7.55. The number of carbonyl (C=O) groups is 2. The van der Waals surface area contributed by atoms with Gasteiger partial charge in [-0.05, 0) is 47.4 Å². The lowest BCUT2D eigenvalue weighted by molar-refractivity contribution is -0.141. The average molecular weight is 438 g/mol. The van der Waals surface area contributed by atoms with Gasteiger partial charge in [0.1, 0.15) is 0 Å². The van der Waals surface area contributed by atoms with E-state index < -0.39 is 12.0 Å². The Hall–Kier alpha value is -2.44. The lowest BCUT2D eigenvalue weighted by atomic mass is 9.89. The van der Waals surface area contributed by atoms with Gasteiger partial charge in [-0.15, -0.1) is 0 Å². The number of benzene rings is 2. The normalized spacial score (nSPS) is 15.6. The van der Waals surface area contributed by atoms with Crippen molar-refractivity contribution in [2.75, 3.05) is 20.8 Å². The molecule has 0 unspecified atom stereocenters. The maximum atomic E-state index is 13.1. The minimum Gasteiger partial charge on any atom is -0.493 e. The van der Waals surface area contributed by atoms with E-state index in [4.69, 9.17) is 32.7 Å². The first-order chi connectivity index (χ1) is 13.8. The van der Waals surface area contributed by atoms with Gasteiger partial charge in [-0.25, -0.2) is 0 Å². The quantitative estimate of drug-likeness (QED) is 0.734. The number of ether oxygens (including phenoxy) is 2. The number of carbonyl (C=O) groups excluding carboxylic acids is 1. The number of hydrogen-bond acceptors (Lipinski definition) is 4. The first kappa shape index (κ1) is 21.3. The molecule has 0 spiro atoms. The summed E-state index contributed by atoms with van der Waals surface area (Å²) < 4.78 is 10.7. The Morgan fingerprint density at radius 2 is 1.76 bits per heavy atom. The van der Waals surface area contributed by atoms with Crippen LogP contribution in [0.5, 0.6) is 11.5 Å². The molecule has 2 aromatic carbocycles. The Morgan fingerprint density at radius 1 is 1.14 bits per heavy atom. The zero-order chi connectivity index (χ0) is 21.1. The number of aliphatic carboxylic acids is 1. The summed E-state index contributed by atoms with van der Waals surface area (Å²) in [5.41, 5.74) is 2.22. The smallest absolute Gasteiger partial charge is 0.305 e. The summed E-state index contributed by atoms with van der Waals surface area (Å²) in [7, 11) is 3.06. The monoisotopic (exact) mass is 437 g/mol. The zero-order valence-corrected chi connectivity index (χ0v) is 17.6. The third-order valence-corrected chi connectivity index (χ3v) is 5.79. The van der Waals surface area contributed by atoms with E-state index in [0.29, 0.717) is 40.1 Å². The number of hydrogen-bond donors (Lipinski definition) is 1. The second-order valence-electron chi connectivity index (χ2n) is 6.73. The molecular weight excluding hydrogens is 417 g/mol. The highest BCUT2D eigenvalue weighted by Gasteiger charge is 2.34. The molecule has 1 atom stereocenters. The summed E-state index contributed by atoms with van der Waals surface area (Å²) in [4.78, 5) is 26.2. The van der Waals surface area contributed by atoms with Crippen LogP contribution in [-0.2, 0) is 22.4 Å². The van der Waals surface area contributed by atoms with Crippen LogP contribution in [0.15, 0.2) is 30.3 Å². The van der Waals surface area contributed by atoms with Crippen molar-refractivity contribution in [3.63, 3.8) is 0 Å². The van der Waals surface area contributed by atoms with Crippen LogP contribution in [0.1, 0.15) is 29.2 Å². The van der Waals surface area contributed by atoms with Crippen LogP contribution in [0, 0.1) is 0 Å². The summed E-state index contributed by atoms with van der Waals surface area (Å²) in [6, 6.07) is 8.04. The van der Waals surface area contributed by atoms with Gasteiger partial charge in [-0.1, -0.05) is 29.3 Å². The fourth-order valence-corrected chi connectivity index (χ4v) is 4.20. The molecule has 0 fully saturated rings. The van der Waals surface area contributed by atoms with Gasteiger partial charge in [0.25, 0.3) is 0 Å². The van der Waals surface area contributed by atoms with Gasteiger partial charge in [0, 0.05) is 16.6 Å².